The Morgan fingerprint density at radius 2 is 2.32 bits per heavy atom. The van der Waals surface area contributed by atoms with Crippen molar-refractivity contribution in [2.45, 2.75) is 26.3 Å². The summed E-state index contributed by atoms with van der Waals surface area (Å²) in [6.07, 6.45) is 0.881. The molecule has 1 aliphatic heterocycles. The molecule has 19 heavy (non-hydrogen) atoms. The fourth-order valence-corrected chi connectivity index (χ4v) is 2.70. The molecular formula is C15H21FN2O. The first-order valence-corrected chi connectivity index (χ1v) is 6.79. The van der Waals surface area contributed by atoms with Crippen LogP contribution in [-0.4, -0.2) is 23.9 Å². The molecule has 1 aromatic carbocycles. The third-order valence-electron chi connectivity index (χ3n) is 3.80. The van der Waals surface area contributed by atoms with Gasteiger partial charge >= 0.3 is 0 Å². The molecule has 0 bridgehead atoms. The topological polar surface area (TPSA) is 46.3 Å². The SMILES string of the molecule is CC1CC(c2cccc(F)c2)N(C(=O)C(C)CN)C1. The monoisotopic (exact) mass is 264 g/mol. The highest BCUT2D eigenvalue weighted by molar-refractivity contribution is 5.79. The smallest absolute Gasteiger partial charge is 0.227 e. The van der Waals surface area contributed by atoms with Gasteiger partial charge in [0.2, 0.25) is 5.91 Å². The van der Waals surface area contributed by atoms with E-state index in [1.54, 1.807) is 6.07 Å². The molecule has 1 aliphatic rings. The minimum Gasteiger partial charge on any atom is -0.335 e. The highest BCUT2D eigenvalue weighted by Gasteiger charge is 2.35. The van der Waals surface area contributed by atoms with Gasteiger partial charge in [0, 0.05) is 19.0 Å². The summed E-state index contributed by atoms with van der Waals surface area (Å²) < 4.78 is 13.3. The normalized spacial score (nSPS) is 24.5. The summed E-state index contributed by atoms with van der Waals surface area (Å²) in [5.74, 6) is 0.0704. The predicted octanol–water partition coefficient (Wildman–Crippen LogP) is 2.33. The van der Waals surface area contributed by atoms with Gasteiger partial charge in [-0.05, 0) is 30.0 Å². The molecule has 2 N–H and O–H groups in total. The maximum absolute atomic E-state index is 13.3. The standard InChI is InChI=1S/C15H21FN2O/c1-10-6-14(12-4-3-5-13(16)7-12)18(9-10)15(19)11(2)8-17/h3-5,7,10-11,14H,6,8-9,17H2,1-2H3. The molecule has 0 radical (unpaired) electrons. The Hall–Kier alpha value is -1.42. The van der Waals surface area contributed by atoms with Crippen molar-refractivity contribution in [3.63, 3.8) is 0 Å². The lowest BCUT2D eigenvalue weighted by Gasteiger charge is -2.27. The lowest BCUT2D eigenvalue weighted by Crippen LogP contribution is -2.37. The summed E-state index contributed by atoms with van der Waals surface area (Å²) in [6.45, 7) is 5.03. The number of amides is 1. The summed E-state index contributed by atoms with van der Waals surface area (Å²) >= 11 is 0. The van der Waals surface area contributed by atoms with Crippen molar-refractivity contribution < 1.29 is 9.18 Å². The van der Waals surface area contributed by atoms with E-state index in [0.29, 0.717) is 12.5 Å². The number of hydrogen-bond acceptors (Lipinski definition) is 2. The number of nitrogens with two attached hydrogens (primary N) is 1. The van der Waals surface area contributed by atoms with E-state index in [9.17, 15) is 9.18 Å². The van der Waals surface area contributed by atoms with Crippen LogP contribution in [0.1, 0.15) is 31.9 Å². The Balaban J connectivity index is 2.25. The molecule has 0 saturated carbocycles. The van der Waals surface area contributed by atoms with E-state index in [-0.39, 0.29) is 23.7 Å². The van der Waals surface area contributed by atoms with Crippen molar-refractivity contribution in [3.05, 3.63) is 35.6 Å². The van der Waals surface area contributed by atoms with Gasteiger partial charge < -0.3 is 10.6 Å². The molecule has 4 heteroatoms. The van der Waals surface area contributed by atoms with Crippen molar-refractivity contribution in [1.82, 2.24) is 4.90 Å². The van der Waals surface area contributed by atoms with E-state index < -0.39 is 0 Å². The lowest BCUT2D eigenvalue weighted by atomic mass is 10.0. The van der Waals surface area contributed by atoms with E-state index in [4.69, 9.17) is 5.73 Å². The zero-order valence-electron chi connectivity index (χ0n) is 11.5. The zero-order valence-corrected chi connectivity index (χ0v) is 11.5. The Kier molecular flexibility index (Phi) is 4.20. The Bertz CT molecular complexity index is 463. The second-order valence-electron chi connectivity index (χ2n) is 5.54. The van der Waals surface area contributed by atoms with Gasteiger partial charge in [-0.25, -0.2) is 4.39 Å². The minimum absolute atomic E-state index is 0.0211. The average molecular weight is 264 g/mol. The first kappa shape index (κ1) is 14.0. The second-order valence-corrected chi connectivity index (χ2v) is 5.54. The van der Waals surface area contributed by atoms with E-state index in [1.165, 1.54) is 12.1 Å². The molecule has 3 nitrogen and oxygen atoms in total. The van der Waals surface area contributed by atoms with Crippen molar-refractivity contribution in [1.29, 1.82) is 0 Å². The van der Waals surface area contributed by atoms with Crippen LogP contribution in [0.3, 0.4) is 0 Å². The summed E-state index contributed by atoms with van der Waals surface area (Å²) in [5, 5.41) is 0. The van der Waals surface area contributed by atoms with Gasteiger partial charge in [-0.3, -0.25) is 4.79 Å². The first-order chi connectivity index (χ1) is 9.02. The molecule has 1 fully saturated rings. The molecule has 3 atom stereocenters. The molecule has 1 heterocycles. The van der Waals surface area contributed by atoms with Crippen molar-refractivity contribution in [2.24, 2.45) is 17.6 Å². The number of nitrogens with zero attached hydrogens (tertiary/aromatic N) is 1. The number of benzene rings is 1. The van der Waals surface area contributed by atoms with Crippen LogP contribution >= 0.6 is 0 Å². The van der Waals surface area contributed by atoms with Crippen LogP contribution in [0.5, 0.6) is 0 Å². The third kappa shape index (κ3) is 2.95. The number of carbonyl (C=O) groups excluding carboxylic acids is 1. The van der Waals surface area contributed by atoms with Gasteiger partial charge in [-0.15, -0.1) is 0 Å². The predicted molar refractivity (Wildman–Crippen MR) is 72.9 cm³/mol. The van der Waals surface area contributed by atoms with Crippen LogP contribution in [0.25, 0.3) is 0 Å². The van der Waals surface area contributed by atoms with E-state index in [2.05, 4.69) is 6.92 Å². The lowest BCUT2D eigenvalue weighted by molar-refractivity contribution is -0.135. The Labute approximate surface area is 113 Å². The van der Waals surface area contributed by atoms with E-state index >= 15 is 0 Å². The van der Waals surface area contributed by atoms with Crippen LogP contribution in [0.2, 0.25) is 0 Å². The van der Waals surface area contributed by atoms with Crippen LogP contribution in [0.15, 0.2) is 24.3 Å². The number of likely N-dealkylation sites (tertiary alicyclic amines) is 1. The van der Waals surface area contributed by atoms with Crippen LogP contribution in [-0.2, 0) is 4.79 Å². The maximum Gasteiger partial charge on any atom is 0.227 e. The fraction of sp³-hybridized carbons (Fsp3) is 0.533. The van der Waals surface area contributed by atoms with Gasteiger partial charge in [0.25, 0.3) is 0 Å². The number of rotatable bonds is 3. The molecule has 3 unspecified atom stereocenters. The molecule has 0 aliphatic carbocycles. The molecule has 1 saturated heterocycles. The minimum atomic E-state index is -0.253. The zero-order chi connectivity index (χ0) is 14.0. The summed E-state index contributed by atoms with van der Waals surface area (Å²) in [7, 11) is 0. The molecule has 1 aromatic rings. The van der Waals surface area contributed by atoms with Crippen molar-refractivity contribution in [2.75, 3.05) is 13.1 Å². The third-order valence-corrected chi connectivity index (χ3v) is 3.80. The van der Waals surface area contributed by atoms with Gasteiger partial charge in [-0.1, -0.05) is 26.0 Å². The molecule has 0 aromatic heterocycles. The van der Waals surface area contributed by atoms with Crippen LogP contribution < -0.4 is 5.73 Å². The maximum atomic E-state index is 13.3. The molecule has 1 amide bonds. The quantitative estimate of drug-likeness (QED) is 0.910. The van der Waals surface area contributed by atoms with Gasteiger partial charge in [0.05, 0.1) is 6.04 Å². The highest BCUT2D eigenvalue weighted by atomic mass is 19.1. The molecule has 0 spiro atoms. The van der Waals surface area contributed by atoms with E-state index in [1.807, 2.05) is 17.9 Å². The highest BCUT2D eigenvalue weighted by Crippen LogP contribution is 2.36. The largest absolute Gasteiger partial charge is 0.335 e. The van der Waals surface area contributed by atoms with Gasteiger partial charge in [0.1, 0.15) is 5.82 Å². The number of halogens is 1. The average Bonchev–Trinajstić information content (AvgIpc) is 2.79. The molecular weight excluding hydrogens is 243 g/mol. The summed E-state index contributed by atoms with van der Waals surface area (Å²) in [6, 6.07) is 6.52. The number of hydrogen-bond donors (Lipinski definition) is 1. The van der Waals surface area contributed by atoms with Gasteiger partial charge in [-0.2, -0.15) is 0 Å². The first-order valence-electron chi connectivity index (χ1n) is 6.79. The summed E-state index contributed by atoms with van der Waals surface area (Å²) in [4.78, 5) is 14.2. The Morgan fingerprint density at radius 1 is 1.58 bits per heavy atom. The molecule has 104 valence electrons. The van der Waals surface area contributed by atoms with Gasteiger partial charge in [0.15, 0.2) is 0 Å². The number of carbonyl (C=O) groups is 1. The Morgan fingerprint density at radius 3 is 2.95 bits per heavy atom. The second kappa shape index (κ2) is 5.70. The molecule has 2 rings (SSSR count). The van der Waals surface area contributed by atoms with Crippen molar-refractivity contribution in [3.8, 4) is 0 Å². The van der Waals surface area contributed by atoms with Crippen LogP contribution in [0.4, 0.5) is 4.39 Å². The van der Waals surface area contributed by atoms with E-state index in [0.717, 1.165) is 18.5 Å². The summed E-state index contributed by atoms with van der Waals surface area (Å²) in [5.41, 5.74) is 6.45. The van der Waals surface area contributed by atoms with Crippen LogP contribution in [0, 0.1) is 17.7 Å². The van der Waals surface area contributed by atoms with Crippen molar-refractivity contribution >= 4 is 5.91 Å². The fourth-order valence-electron chi connectivity index (χ4n) is 2.70.